The van der Waals surface area contributed by atoms with Crippen LogP contribution in [0.15, 0.2) is 24.3 Å². The van der Waals surface area contributed by atoms with Gasteiger partial charge in [0.1, 0.15) is 11.8 Å². The van der Waals surface area contributed by atoms with Crippen molar-refractivity contribution in [2.45, 2.75) is 13.0 Å². The largest absolute Gasteiger partial charge is 0.482 e. The summed E-state index contributed by atoms with van der Waals surface area (Å²) in [7, 11) is 0. The molecule has 4 nitrogen and oxygen atoms in total. The summed E-state index contributed by atoms with van der Waals surface area (Å²) in [6, 6.07) is 9.26. The Bertz CT molecular complexity index is 498. The highest BCUT2D eigenvalue weighted by atomic mass is 32.2. The lowest BCUT2D eigenvalue weighted by Gasteiger charge is -2.32. The number of nitriles is 1. The van der Waals surface area contributed by atoms with E-state index in [2.05, 4.69) is 6.07 Å². The average Bonchev–Trinajstić information content (AvgIpc) is 2.45. The molecule has 1 heterocycles. The summed E-state index contributed by atoms with van der Waals surface area (Å²) in [5.41, 5.74) is 0.456. The van der Waals surface area contributed by atoms with Crippen LogP contribution >= 0.6 is 11.8 Å². The fraction of sp³-hybridized carbons (Fsp3) is 0.429. The van der Waals surface area contributed by atoms with E-state index in [0.717, 1.165) is 18.1 Å². The van der Waals surface area contributed by atoms with Gasteiger partial charge in [-0.3, -0.25) is 4.79 Å². The molecule has 19 heavy (non-hydrogen) atoms. The minimum atomic E-state index is -0.0134. The van der Waals surface area contributed by atoms with Crippen molar-refractivity contribution in [1.82, 2.24) is 4.90 Å². The number of nitrogens with zero attached hydrogens (tertiary/aromatic N) is 2. The number of hydrogen-bond acceptors (Lipinski definition) is 4. The standard InChI is InChI=1S/C14H16N2O2S/c1-11-10-19-7-6-16(11)14(17)9-18-13-5-3-2-4-12(13)8-15/h2-5,11H,6-7,9-10H2,1H3. The summed E-state index contributed by atoms with van der Waals surface area (Å²) >= 11 is 1.87. The van der Waals surface area contributed by atoms with Gasteiger partial charge in [-0.2, -0.15) is 17.0 Å². The Hall–Kier alpha value is -1.67. The van der Waals surface area contributed by atoms with Gasteiger partial charge in [0.2, 0.25) is 0 Å². The summed E-state index contributed by atoms with van der Waals surface area (Å²) in [5, 5.41) is 8.95. The van der Waals surface area contributed by atoms with Crippen molar-refractivity contribution in [2.24, 2.45) is 0 Å². The van der Waals surface area contributed by atoms with Gasteiger partial charge in [0.05, 0.1) is 5.56 Å². The zero-order chi connectivity index (χ0) is 13.7. The maximum absolute atomic E-state index is 12.1. The van der Waals surface area contributed by atoms with Gasteiger partial charge in [0.25, 0.3) is 5.91 Å². The van der Waals surface area contributed by atoms with Gasteiger partial charge < -0.3 is 9.64 Å². The lowest BCUT2D eigenvalue weighted by molar-refractivity contribution is -0.134. The molecule has 1 fully saturated rings. The van der Waals surface area contributed by atoms with Gasteiger partial charge >= 0.3 is 0 Å². The third-order valence-corrected chi connectivity index (χ3v) is 4.24. The molecular formula is C14H16N2O2S. The molecule has 0 aliphatic carbocycles. The number of thioether (sulfide) groups is 1. The van der Waals surface area contributed by atoms with Gasteiger partial charge in [0.15, 0.2) is 6.61 Å². The molecule has 1 saturated heterocycles. The Labute approximate surface area is 117 Å². The van der Waals surface area contributed by atoms with Gasteiger partial charge in [-0.15, -0.1) is 0 Å². The lowest BCUT2D eigenvalue weighted by atomic mass is 10.2. The third-order valence-electron chi connectivity index (χ3n) is 3.05. The van der Waals surface area contributed by atoms with Crippen LogP contribution in [0.5, 0.6) is 5.75 Å². The van der Waals surface area contributed by atoms with E-state index in [-0.39, 0.29) is 18.6 Å². The number of ether oxygens (including phenoxy) is 1. The van der Waals surface area contributed by atoms with Gasteiger partial charge in [-0.05, 0) is 19.1 Å². The van der Waals surface area contributed by atoms with E-state index >= 15 is 0 Å². The van der Waals surface area contributed by atoms with E-state index in [1.165, 1.54) is 0 Å². The van der Waals surface area contributed by atoms with E-state index in [0.29, 0.717) is 11.3 Å². The SMILES string of the molecule is CC1CSCCN1C(=O)COc1ccccc1C#N. The van der Waals surface area contributed by atoms with Crippen LogP contribution < -0.4 is 4.74 Å². The average molecular weight is 276 g/mol. The van der Waals surface area contributed by atoms with Crippen LogP contribution in [0.25, 0.3) is 0 Å². The van der Waals surface area contributed by atoms with E-state index in [4.69, 9.17) is 10.00 Å². The summed E-state index contributed by atoms with van der Waals surface area (Å²) < 4.78 is 5.47. The molecule has 100 valence electrons. The molecule has 1 aliphatic heterocycles. The van der Waals surface area contributed by atoms with Crippen molar-refractivity contribution in [2.75, 3.05) is 24.7 Å². The van der Waals surface area contributed by atoms with Crippen molar-refractivity contribution < 1.29 is 9.53 Å². The molecule has 0 saturated carbocycles. The molecular weight excluding hydrogens is 260 g/mol. The predicted octanol–water partition coefficient (Wildman–Crippen LogP) is 1.90. The molecule has 0 spiro atoms. The van der Waals surface area contributed by atoms with Crippen molar-refractivity contribution in [3.05, 3.63) is 29.8 Å². The summed E-state index contributed by atoms with van der Waals surface area (Å²) in [6.45, 7) is 2.81. The maximum Gasteiger partial charge on any atom is 0.260 e. The Morgan fingerprint density at radius 2 is 2.37 bits per heavy atom. The zero-order valence-electron chi connectivity index (χ0n) is 10.8. The number of benzene rings is 1. The van der Waals surface area contributed by atoms with E-state index in [1.807, 2.05) is 23.6 Å². The molecule has 0 radical (unpaired) electrons. The zero-order valence-corrected chi connectivity index (χ0v) is 11.7. The molecule has 1 atom stereocenters. The number of para-hydroxylation sites is 1. The number of carbonyl (C=O) groups is 1. The Morgan fingerprint density at radius 1 is 1.58 bits per heavy atom. The Balaban J connectivity index is 1.95. The molecule has 1 aromatic rings. The van der Waals surface area contributed by atoms with E-state index < -0.39 is 0 Å². The number of hydrogen-bond donors (Lipinski definition) is 0. The Morgan fingerprint density at radius 3 is 3.11 bits per heavy atom. The van der Waals surface area contributed by atoms with Crippen molar-refractivity contribution in [3.63, 3.8) is 0 Å². The predicted molar refractivity (Wildman–Crippen MR) is 75.2 cm³/mol. The lowest BCUT2D eigenvalue weighted by Crippen LogP contribution is -2.46. The smallest absolute Gasteiger partial charge is 0.260 e. The first kappa shape index (κ1) is 13.8. The van der Waals surface area contributed by atoms with E-state index in [1.54, 1.807) is 24.3 Å². The number of amides is 1. The summed E-state index contributed by atoms with van der Waals surface area (Å²) in [5.74, 6) is 2.41. The van der Waals surface area contributed by atoms with Crippen molar-refractivity contribution in [1.29, 1.82) is 5.26 Å². The number of carbonyl (C=O) groups excluding carboxylic acids is 1. The van der Waals surface area contributed by atoms with Crippen molar-refractivity contribution in [3.8, 4) is 11.8 Å². The Kier molecular flexibility index (Phi) is 4.69. The molecule has 5 heteroatoms. The molecule has 1 unspecified atom stereocenters. The van der Waals surface area contributed by atoms with Crippen LogP contribution in [0.4, 0.5) is 0 Å². The second-order valence-electron chi connectivity index (χ2n) is 4.41. The van der Waals surface area contributed by atoms with Gasteiger partial charge in [0, 0.05) is 24.1 Å². The fourth-order valence-electron chi connectivity index (χ4n) is 2.00. The van der Waals surface area contributed by atoms with Gasteiger partial charge in [-0.1, -0.05) is 12.1 Å². The van der Waals surface area contributed by atoms with Crippen LogP contribution in [0.2, 0.25) is 0 Å². The van der Waals surface area contributed by atoms with Crippen LogP contribution in [0, 0.1) is 11.3 Å². The second-order valence-corrected chi connectivity index (χ2v) is 5.56. The summed E-state index contributed by atoms with van der Waals surface area (Å²) in [4.78, 5) is 13.9. The fourth-order valence-corrected chi connectivity index (χ4v) is 3.02. The first-order valence-electron chi connectivity index (χ1n) is 6.21. The molecule has 0 bridgehead atoms. The third kappa shape index (κ3) is 3.42. The first-order chi connectivity index (χ1) is 9.22. The molecule has 1 amide bonds. The molecule has 2 rings (SSSR count). The normalized spacial score (nSPS) is 18.7. The maximum atomic E-state index is 12.1. The van der Waals surface area contributed by atoms with Crippen LogP contribution in [0.3, 0.4) is 0 Å². The second kappa shape index (κ2) is 6.48. The monoisotopic (exact) mass is 276 g/mol. The van der Waals surface area contributed by atoms with Crippen molar-refractivity contribution >= 4 is 17.7 Å². The molecule has 0 N–H and O–H groups in total. The highest BCUT2D eigenvalue weighted by Crippen LogP contribution is 2.18. The summed E-state index contributed by atoms with van der Waals surface area (Å²) in [6.07, 6.45) is 0. The molecule has 0 aromatic heterocycles. The highest BCUT2D eigenvalue weighted by molar-refractivity contribution is 7.99. The minimum Gasteiger partial charge on any atom is -0.482 e. The number of rotatable bonds is 3. The van der Waals surface area contributed by atoms with Gasteiger partial charge in [-0.25, -0.2) is 0 Å². The van der Waals surface area contributed by atoms with E-state index in [9.17, 15) is 4.79 Å². The van der Waals surface area contributed by atoms with Crippen LogP contribution in [-0.2, 0) is 4.79 Å². The van der Waals surface area contributed by atoms with Crippen LogP contribution in [-0.4, -0.2) is 41.5 Å². The highest BCUT2D eigenvalue weighted by Gasteiger charge is 2.23. The molecule has 1 aromatic carbocycles. The quantitative estimate of drug-likeness (QED) is 0.846. The topological polar surface area (TPSA) is 53.3 Å². The molecule has 1 aliphatic rings. The minimum absolute atomic E-state index is 0.00625. The van der Waals surface area contributed by atoms with Crippen LogP contribution in [0.1, 0.15) is 12.5 Å². The first-order valence-corrected chi connectivity index (χ1v) is 7.37.